The average molecular weight is 640 g/mol. The minimum Gasteiger partial charge on any atom is -0.490 e. The van der Waals surface area contributed by atoms with Crippen molar-refractivity contribution in [1.82, 2.24) is 5.32 Å². The summed E-state index contributed by atoms with van der Waals surface area (Å²) in [5, 5.41) is 15.0. The summed E-state index contributed by atoms with van der Waals surface area (Å²) in [6, 6.07) is 22.4. The van der Waals surface area contributed by atoms with Crippen molar-refractivity contribution in [2.75, 3.05) is 5.32 Å². The maximum atomic E-state index is 12.5. The third-order valence-electron chi connectivity index (χ3n) is 6.99. The molecule has 8 nitrogen and oxygen atoms in total. The fourth-order valence-corrected chi connectivity index (χ4v) is 6.29. The Morgan fingerprint density at radius 3 is 2.09 bits per heavy atom. The van der Waals surface area contributed by atoms with Gasteiger partial charge in [0, 0.05) is 6.04 Å². The Morgan fingerprint density at radius 2 is 1.47 bits per heavy atom. The van der Waals surface area contributed by atoms with Crippen LogP contribution in [-0.4, -0.2) is 35.0 Å². The number of aromatic carboxylic acids is 1. The number of carbonyl (C=O) groups is 3. The lowest BCUT2D eigenvalue weighted by Gasteiger charge is -2.29. The van der Waals surface area contributed by atoms with E-state index in [-0.39, 0.29) is 41.6 Å². The summed E-state index contributed by atoms with van der Waals surface area (Å²) in [6.45, 7) is 0. The number of carboxylic acids is 1. The molecule has 4 aromatic rings. The van der Waals surface area contributed by atoms with Gasteiger partial charge in [0.05, 0.1) is 33.7 Å². The summed E-state index contributed by atoms with van der Waals surface area (Å²) in [4.78, 5) is 36.3. The molecule has 3 aromatic carbocycles. The summed E-state index contributed by atoms with van der Waals surface area (Å²) < 4.78 is 13.0. The Bertz CT molecular complexity index is 1600. The van der Waals surface area contributed by atoms with Gasteiger partial charge in [-0.2, -0.15) is 0 Å². The number of ether oxygens (including phenoxy) is 2. The maximum absolute atomic E-state index is 12.5. The number of benzene rings is 3. The van der Waals surface area contributed by atoms with Crippen LogP contribution in [0, 0.1) is 0 Å². The van der Waals surface area contributed by atoms with E-state index in [4.69, 9.17) is 32.7 Å². The van der Waals surface area contributed by atoms with E-state index in [1.54, 1.807) is 48.5 Å². The van der Waals surface area contributed by atoms with E-state index in [1.165, 1.54) is 17.4 Å². The van der Waals surface area contributed by atoms with Crippen LogP contribution in [0.3, 0.4) is 0 Å². The predicted octanol–water partition coefficient (Wildman–Crippen LogP) is 7.85. The number of amides is 2. The average Bonchev–Trinajstić information content (AvgIpc) is 3.34. The molecule has 1 heterocycles. The van der Waals surface area contributed by atoms with Crippen molar-refractivity contribution >= 4 is 58.0 Å². The first-order chi connectivity index (χ1) is 20.7. The zero-order chi connectivity index (χ0) is 30.3. The summed E-state index contributed by atoms with van der Waals surface area (Å²) in [5.74, 6) is 0.374. The zero-order valence-electron chi connectivity index (χ0n) is 22.8. The zero-order valence-corrected chi connectivity index (χ0v) is 25.2. The summed E-state index contributed by atoms with van der Waals surface area (Å²) in [5.41, 5.74) is 1.47. The minimum absolute atomic E-state index is 0.0382. The number of hydrogen-bond donors (Lipinski definition) is 3. The second kappa shape index (κ2) is 13.9. The van der Waals surface area contributed by atoms with Crippen LogP contribution in [0.4, 0.5) is 5.69 Å². The van der Waals surface area contributed by atoms with E-state index in [1.807, 2.05) is 24.3 Å². The smallest absolute Gasteiger partial charge is 0.337 e. The molecule has 0 radical (unpaired) electrons. The molecule has 1 saturated carbocycles. The highest BCUT2D eigenvalue weighted by molar-refractivity contribution is 7.20. The second-order valence-electron chi connectivity index (χ2n) is 10.1. The number of carboxylic acid groups (broad SMARTS) is 1. The van der Waals surface area contributed by atoms with Crippen LogP contribution in [0.1, 0.15) is 52.0 Å². The van der Waals surface area contributed by atoms with Crippen molar-refractivity contribution in [2.24, 2.45) is 0 Å². The number of rotatable bonds is 10. The molecule has 5 rings (SSSR count). The number of anilines is 1. The summed E-state index contributed by atoms with van der Waals surface area (Å²) in [7, 11) is 0. The highest BCUT2D eigenvalue weighted by atomic mass is 35.5. The molecule has 1 aromatic heterocycles. The van der Waals surface area contributed by atoms with Crippen LogP contribution in [0.25, 0.3) is 0 Å². The molecule has 1 fully saturated rings. The third-order valence-corrected chi connectivity index (χ3v) is 8.48. The van der Waals surface area contributed by atoms with Crippen LogP contribution >= 0.6 is 34.5 Å². The Kier molecular flexibility index (Phi) is 9.86. The molecule has 0 unspecified atom stereocenters. The normalized spacial score (nSPS) is 16.2. The highest BCUT2D eigenvalue weighted by Crippen LogP contribution is 2.32. The summed E-state index contributed by atoms with van der Waals surface area (Å²) >= 11 is 13.2. The molecule has 222 valence electrons. The molecule has 11 heteroatoms. The van der Waals surface area contributed by atoms with E-state index in [9.17, 15) is 19.5 Å². The first-order valence-corrected chi connectivity index (χ1v) is 15.2. The lowest BCUT2D eigenvalue weighted by Crippen LogP contribution is -2.39. The molecule has 2 amide bonds. The predicted molar refractivity (Wildman–Crippen MR) is 167 cm³/mol. The monoisotopic (exact) mass is 638 g/mol. The van der Waals surface area contributed by atoms with Gasteiger partial charge in [0.2, 0.25) is 5.91 Å². The van der Waals surface area contributed by atoms with Gasteiger partial charge in [0.15, 0.2) is 0 Å². The Hall–Kier alpha value is -4.05. The Balaban J connectivity index is 1.06. The minimum atomic E-state index is -1.10. The molecule has 1 aliphatic carbocycles. The van der Waals surface area contributed by atoms with Crippen molar-refractivity contribution in [3.63, 3.8) is 0 Å². The van der Waals surface area contributed by atoms with Crippen LogP contribution in [0.5, 0.6) is 17.2 Å². The summed E-state index contributed by atoms with van der Waals surface area (Å²) in [6.07, 6.45) is 3.39. The number of hydrogen-bond acceptors (Lipinski definition) is 6. The molecule has 0 saturated heterocycles. The standard InChI is InChI=1S/C32H28Cl2N2O6S/c33-28-18-26(30(34)43-28)31(38)35-20-7-11-22(12-8-20)42-24-15-13-23(14-16-24)41-21-9-5-19(6-10-21)17-29(37)36-27-4-2-1-3-25(27)32(39)40/h1-6,9-10,13-16,18,20,22H,7-8,11-12,17H2,(H,35,38)(H,36,37)(H,39,40). The van der Waals surface area contributed by atoms with Crippen LogP contribution in [0.2, 0.25) is 8.67 Å². The Labute approximate surface area is 262 Å². The van der Waals surface area contributed by atoms with Crippen LogP contribution < -0.4 is 20.1 Å². The fraction of sp³-hybridized carbons (Fsp3) is 0.219. The van der Waals surface area contributed by atoms with Gasteiger partial charge in [-0.3, -0.25) is 9.59 Å². The maximum Gasteiger partial charge on any atom is 0.337 e. The van der Waals surface area contributed by atoms with E-state index >= 15 is 0 Å². The lowest BCUT2D eigenvalue weighted by molar-refractivity contribution is -0.115. The molecule has 0 bridgehead atoms. The molecular formula is C32H28Cl2N2O6S. The molecule has 0 aliphatic heterocycles. The van der Waals surface area contributed by atoms with E-state index in [0.29, 0.717) is 25.7 Å². The van der Waals surface area contributed by atoms with Crippen molar-refractivity contribution in [3.05, 3.63) is 104 Å². The molecular weight excluding hydrogens is 611 g/mol. The molecule has 3 N–H and O–H groups in total. The SMILES string of the molecule is O=C(Cc1ccc(Oc2ccc(OC3CCC(NC(=O)c4cc(Cl)sc4Cl)CC3)cc2)cc1)Nc1ccccc1C(=O)O. The Morgan fingerprint density at radius 1 is 0.837 bits per heavy atom. The quantitative estimate of drug-likeness (QED) is 0.163. The van der Waals surface area contributed by atoms with Gasteiger partial charge in [-0.1, -0.05) is 47.5 Å². The molecule has 1 aliphatic rings. The van der Waals surface area contributed by atoms with Crippen LogP contribution in [0.15, 0.2) is 78.9 Å². The van der Waals surface area contributed by atoms with E-state index in [0.717, 1.165) is 37.0 Å². The topological polar surface area (TPSA) is 114 Å². The number of halogens is 2. The van der Waals surface area contributed by atoms with E-state index in [2.05, 4.69) is 10.6 Å². The second-order valence-corrected chi connectivity index (χ2v) is 12.4. The number of thiophene rings is 1. The van der Waals surface area contributed by atoms with Crippen molar-refractivity contribution in [1.29, 1.82) is 0 Å². The molecule has 0 spiro atoms. The first kappa shape index (κ1) is 30.4. The fourth-order valence-electron chi connectivity index (χ4n) is 4.83. The third kappa shape index (κ3) is 8.28. The molecule has 0 atom stereocenters. The van der Waals surface area contributed by atoms with Gasteiger partial charge < -0.3 is 25.2 Å². The number of nitrogens with one attached hydrogen (secondary N) is 2. The van der Waals surface area contributed by atoms with Crippen molar-refractivity contribution < 1.29 is 29.0 Å². The van der Waals surface area contributed by atoms with Crippen molar-refractivity contribution in [2.45, 2.75) is 44.2 Å². The van der Waals surface area contributed by atoms with Gasteiger partial charge in [0.25, 0.3) is 5.91 Å². The van der Waals surface area contributed by atoms with Crippen molar-refractivity contribution in [3.8, 4) is 17.2 Å². The first-order valence-electron chi connectivity index (χ1n) is 13.6. The molecule has 43 heavy (non-hydrogen) atoms. The lowest BCUT2D eigenvalue weighted by atomic mass is 9.92. The van der Waals surface area contributed by atoms with Gasteiger partial charge in [-0.25, -0.2) is 4.79 Å². The van der Waals surface area contributed by atoms with Crippen LogP contribution in [-0.2, 0) is 11.2 Å². The van der Waals surface area contributed by atoms with Gasteiger partial charge >= 0.3 is 5.97 Å². The van der Waals surface area contributed by atoms with Gasteiger partial charge in [-0.15, -0.1) is 11.3 Å². The van der Waals surface area contributed by atoms with Gasteiger partial charge in [0.1, 0.15) is 21.6 Å². The largest absolute Gasteiger partial charge is 0.490 e. The highest BCUT2D eigenvalue weighted by Gasteiger charge is 2.25. The number of carbonyl (C=O) groups excluding carboxylic acids is 2. The van der Waals surface area contributed by atoms with E-state index < -0.39 is 5.97 Å². The number of para-hydroxylation sites is 1. The van der Waals surface area contributed by atoms with Gasteiger partial charge in [-0.05, 0) is 85.8 Å².